The molecule has 5 nitrogen and oxygen atoms in total. The molecule has 0 spiro atoms. The molecule has 0 aliphatic rings. The molecule has 0 bridgehead atoms. The SMILES string of the molecule is Cc1ccc(NC(=O)C(=O)Nc2cc(Cl)ccc2O)c(C)c1. The molecule has 0 atom stereocenters. The third-order valence-corrected chi connectivity index (χ3v) is 3.28. The topological polar surface area (TPSA) is 78.4 Å². The molecule has 0 saturated carbocycles. The second kappa shape index (κ2) is 6.49. The van der Waals surface area contributed by atoms with Crippen LogP contribution in [0.3, 0.4) is 0 Å². The maximum absolute atomic E-state index is 11.9. The van der Waals surface area contributed by atoms with Crippen LogP contribution in [0.15, 0.2) is 36.4 Å². The van der Waals surface area contributed by atoms with Crippen molar-refractivity contribution in [1.29, 1.82) is 0 Å². The van der Waals surface area contributed by atoms with Crippen molar-refractivity contribution in [3.05, 3.63) is 52.5 Å². The first-order valence-corrected chi connectivity index (χ1v) is 6.92. The van der Waals surface area contributed by atoms with Gasteiger partial charge in [0.15, 0.2) is 0 Å². The van der Waals surface area contributed by atoms with Gasteiger partial charge in [-0.05, 0) is 43.7 Å². The fourth-order valence-electron chi connectivity index (χ4n) is 1.92. The van der Waals surface area contributed by atoms with E-state index in [1.807, 2.05) is 26.0 Å². The van der Waals surface area contributed by atoms with Crippen molar-refractivity contribution in [2.24, 2.45) is 0 Å². The van der Waals surface area contributed by atoms with E-state index in [2.05, 4.69) is 10.6 Å². The molecule has 0 fully saturated rings. The molecule has 6 heteroatoms. The van der Waals surface area contributed by atoms with Crippen LogP contribution in [0.1, 0.15) is 11.1 Å². The summed E-state index contributed by atoms with van der Waals surface area (Å²) in [4.78, 5) is 23.8. The lowest BCUT2D eigenvalue weighted by Crippen LogP contribution is -2.29. The van der Waals surface area contributed by atoms with Gasteiger partial charge in [0.05, 0.1) is 5.69 Å². The molecule has 22 heavy (non-hydrogen) atoms. The zero-order chi connectivity index (χ0) is 16.3. The zero-order valence-corrected chi connectivity index (χ0v) is 12.9. The van der Waals surface area contributed by atoms with Crippen LogP contribution in [0, 0.1) is 13.8 Å². The number of hydrogen-bond donors (Lipinski definition) is 3. The Morgan fingerprint density at radius 2 is 1.59 bits per heavy atom. The Morgan fingerprint density at radius 1 is 0.955 bits per heavy atom. The van der Waals surface area contributed by atoms with Gasteiger partial charge < -0.3 is 15.7 Å². The number of halogens is 1. The van der Waals surface area contributed by atoms with E-state index in [0.29, 0.717) is 10.7 Å². The van der Waals surface area contributed by atoms with Crippen molar-refractivity contribution in [2.45, 2.75) is 13.8 Å². The molecule has 0 aromatic heterocycles. The van der Waals surface area contributed by atoms with Crippen LogP contribution in [-0.4, -0.2) is 16.9 Å². The van der Waals surface area contributed by atoms with E-state index in [9.17, 15) is 14.7 Å². The van der Waals surface area contributed by atoms with Gasteiger partial charge in [-0.1, -0.05) is 29.3 Å². The molecule has 2 aromatic carbocycles. The Bertz CT molecular complexity index is 744. The number of rotatable bonds is 2. The van der Waals surface area contributed by atoms with Gasteiger partial charge in [-0.3, -0.25) is 9.59 Å². The standard InChI is InChI=1S/C16H15ClN2O3/c1-9-3-5-12(10(2)7-9)18-15(21)16(22)19-13-8-11(17)4-6-14(13)20/h3-8,20H,1-2H3,(H,18,21)(H,19,22). The van der Waals surface area contributed by atoms with Crippen LogP contribution in [0.25, 0.3) is 0 Å². The van der Waals surface area contributed by atoms with E-state index in [4.69, 9.17) is 11.6 Å². The molecule has 2 amide bonds. The number of amides is 2. The lowest BCUT2D eigenvalue weighted by Gasteiger charge is -2.10. The number of phenolic OH excluding ortho intramolecular Hbond substituents is 1. The molecular weight excluding hydrogens is 304 g/mol. The van der Waals surface area contributed by atoms with Gasteiger partial charge in [0.1, 0.15) is 5.75 Å². The first-order chi connectivity index (χ1) is 10.4. The highest BCUT2D eigenvalue weighted by atomic mass is 35.5. The summed E-state index contributed by atoms with van der Waals surface area (Å²) in [5, 5.41) is 14.8. The van der Waals surface area contributed by atoms with Crippen LogP contribution in [0.4, 0.5) is 11.4 Å². The summed E-state index contributed by atoms with van der Waals surface area (Å²) in [5.74, 6) is -1.89. The largest absolute Gasteiger partial charge is 0.506 e. The highest BCUT2D eigenvalue weighted by Crippen LogP contribution is 2.26. The van der Waals surface area contributed by atoms with E-state index in [0.717, 1.165) is 11.1 Å². The monoisotopic (exact) mass is 318 g/mol. The normalized spacial score (nSPS) is 10.1. The predicted molar refractivity (Wildman–Crippen MR) is 86.3 cm³/mol. The number of carbonyl (C=O) groups is 2. The Hall–Kier alpha value is -2.53. The van der Waals surface area contributed by atoms with E-state index in [1.165, 1.54) is 18.2 Å². The van der Waals surface area contributed by atoms with Gasteiger partial charge in [-0.2, -0.15) is 0 Å². The fourth-order valence-corrected chi connectivity index (χ4v) is 2.09. The average molecular weight is 319 g/mol. The minimum Gasteiger partial charge on any atom is -0.506 e. The average Bonchev–Trinajstić information content (AvgIpc) is 2.45. The second-order valence-corrected chi connectivity index (χ2v) is 5.32. The summed E-state index contributed by atoms with van der Waals surface area (Å²) in [6, 6.07) is 9.63. The maximum atomic E-state index is 11.9. The number of anilines is 2. The lowest BCUT2D eigenvalue weighted by atomic mass is 10.1. The van der Waals surface area contributed by atoms with Crippen LogP contribution in [0.2, 0.25) is 5.02 Å². The predicted octanol–water partition coefficient (Wildman–Crippen LogP) is 3.24. The van der Waals surface area contributed by atoms with Crippen LogP contribution in [-0.2, 0) is 9.59 Å². The van der Waals surface area contributed by atoms with E-state index in [1.54, 1.807) is 6.07 Å². The second-order valence-electron chi connectivity index (χ2n) is 4.89. The number of nitrogens with one attached hydrogen (secondary N) is 2. The number of hydrogen-bond acceptors (Lipinski definition) is 3. The molecule has 114 valence electrons. The number of benzene rings is 2. The Morgan fingerprint density at radius 3 is 2.23 bits per heavy atom. The molecule has 0 aliphatic heterocycles. The van der Waals surface area contributed by atoms with Crippen molar-refractivity contribution in [2.75, 3.05) is 10.6 Å². The number of phenols is 1. The molecule has 2 rings (SSSR count). The minimum atomic E-state index is -0.891. The first kappa shape index (κ1) is 15.9. The zero-order valence-electron chi connectivity index (χ0n) is 12.1. The van der Waals surface area contributed by atoms with Crippen LogP contribution >= 0.6 is 11.6 Å². The molecule has 0 unspecified atom stereocenters. The Kier molecular flexibility index (Phi) is 4.68. The van der Waals surface area contributed by atoms with E-state index < -0.39 is 11.8 Å². The number of aromatic hydroxyl groups is 1. The molecule has 0 saturated heterocycles. The Labute approximate surface area is 132 Å². The van der Waals surface area contributed by atoms with Crippen molar-refractivity contribution in [3.63, 3.8) is 0 Å². The minimum absolute atomic E-state index is 0.0771. The molecule has 2 aromatic rings. The van der Waals surface area contributed by atoms with Crippen molar-refractivity contribution < 1.29 is 14.7 Å². The molecular formula is C16H15ClN2O3. The van der Waals surface area contributed by atoms with Crippen LogP contribution < -0.4 is 10.6 Å². The van der Waals surface area contributed by atoms with Gasteiger partial charge in [-0.25, -0.2) is 0 Å². The van der Waals surface area contributed by atoms with Gasteiger partial charge in [0.2, 0.25) is 0 Å². The lowest BCUT2D eigenvalue weighted by molar-refractivity contribution is -0.133. The molecule has 0 radical (unpaired) electrons. The number of aryl methyl sites for hydroxylation is 2. The van der Waals surface area contributed by atoms with Gasteiger partial charge in [0, 0.05) is 10.7 Å². The van der Waals surface area contributed by atoms with E-state index >= 15 is 0 Å². The summed E-state index contributed by atoms with van der Waals surface area (Å²) >= 11 is 5.78. The Balaban J connectivity index is 2.09. The first-order valence-electron chi connectivity index (χ1n) is 6.55. The molecule has 0 heterocycles. The summed E-state index contributed by atoms with van der Waals surface area (Å²) in [6.45, 7) is 3.77. The van der Waals surface area contributed by atoms with Gasteiger partial charge in [0.25, 0.3) is 0 Å². The van der Waals surface area contributed by atoms with Crippen molar-refractivity contribution >= 4 is 34.8 Å². The summed E-state index contributed by atoms with van der Waals surface area (Å²) in [6.07, 6.45) is 0. The summed E-state index contributed by atoms with van der Waals surface area (Å²) in [7, 11) is 0. The summed E-state index contributed by atoms with van der Waals surface area (Å²) < 4.78 is 0. The highest BCUT2D eigenvalue weighted by Gasteiger charge is 2.16. The summed E-state index contributed by atoms with van der Waals surface area (Å²) in [5.41, 5.74) is 2.55. The molecule has 0 aliphatic carbocycles. The van der Waals surface area contributed by atoms with Crippen LogP contribution in [0.5, 0.6) is 5.75 Å². The third kappa shape index (κ3) is 3.77. The van der Waals surface area contributed by atoms with Crippen molar-refractivity contribution in [1.82, 2.24) is 0 Å². The highest BCUT2D eigenvalue weighted by molar-refractivity contribution is 6.44. The van der Waals surface area contributed by atoms with Gasteiger partial charge in [-0.15, -0.1) is 0 Å². The fraction of sp³-hybridized carbons (Fsp3) is 0.125. The maximum Gasteiger partial charge on any atom is 0.314 e. The van der Waals surface area contributed by atoms with Crippen molar-refractivity contribution in [3.8, 4) is 5.75 Å². The number of carbonyl (C=O) groups excluding carboxylic acids is 2. The smallest absolute Gasteiger partial charge is 0.314 e. The van der Waals surface area contributed by atoms with E-state index in [-0.39, 0.29) is 11.4 Å². The third-order valence-electron chi connectivity index (χ3n) is 3.04. The van der Waals surface area contributed by atoms with Gasteiger partial charge >= 0.3 is 11.8 Å². The quantitative estimate of drug-likeness (QED) is 0.587. The molecule has 3 N–H and O–H groups in total.